The standard InChI is InChI=1S/C30H36N4O4/c1-30(2,3)23-16-22(15-20(7-6-13-31)28(23)38-14-5-4-8-26(36)37)25(35)18-34-17-21-11-12-24(19-9-10-19)33-27(21)29(34)32/h11-12,15-16,19,32H,4-10,14,17-18H2,1-3H3,(H,36,37). The van der Waals surface area contributed by atoms with E-state index in [1.54, 1.807) is 4.90 Å². The SMILES string of the molecule is CC(C)(C)c1cc(C(=O)CN2Cc3ccc(C4CC4)nc3C2=N)cc(CCC#N)c1OCCCCC(=O)O. The van der Waals surface area contributed by atoms with Crippen LogP contribution in [0.4, 0.5) is 0 Å². The van der Waals surface area contributed by atoms with E-state index >= 15 is 0 Å². The van der Waals surface area contributed by atoms with E-state index in [1.807, 2.05) is 24.3 Å². The van der Waals surface area contributed by atoms with E-state index in [1.165, 1.54) is 0 Å². The number of aromatic nitrogens is 1. The van der Waals surface area contributed by atoms with Gasteiger partial charge in [-0.2, -0.15) is 5.26 Å². The number of carboxylic acid groups (broad SMARTS) is 1. The maximum absolute atomic E-state index is 13.5. The summed E-state index contributed by atoms with van der Waals surface area (Å²) in [4.78, 5) is 30.9. The Hall–Kier alpha value is -3.73. The van der Waals surface area contributed by atoms with Crippen molar-refractivity contribution >= 4 is 17.6 Å². The molecule has 0 amide bonds. The number of carbonyl (C=O) groups excluding carboxylic acids is 1. The molecule has 0 atom stereocenters. The second-order valence-corrected chi connectivity index (χ2v) is 11.3. The number of aliphatic carboxylic acids is 1. The van der Waals surface area contributed by atoms with E-state index in [9.17, 15) is 14.9 Å². The first-order chi connectivity index (χ1) is 18.1. The highest BCUT2D eigenvalue weighted by molar-refractivity contribution is 6.04. The first-order valence-electron chi connectivity index (χ1n) is 13.3. The number of pyridine rings is 1. The van der Waals surface area contributed by atoms with E-state index in [4.69, 9.17) is 20.2 Å². The van der Waals surface area contributed by atoms with Gasteiger partial charge in [-0.3, -0.25) is 15.0 Å². The summed E-state index contributed by atoms with van der Waals surface area (Å²) < 4.78 is 6.17. The number of nitriles is 1. The van der Waals surface area contributed by atoms with Gasteiger partial charge in [-0.25, -0.2) is 4.98 Å². The molecular weight excluding hydrogens is 480 g/mol. The van der Waals surface area contributed by atoms with Gasteiger partial charge in [0.15, 0.2) is 5.78 Å². The molecule has 0 bridgehead atoms. The Morgan fingerprint density at radius 3 is 2.66 bits per heavy atom. The summed E-state index contributed by atoms with van der Waals surface area (Å²) in [5.41, 5.74) is 4.59. The van der Waals surface area contributed by atoms with Gasteiger partial charge in [0.1, 0.15) is 17.3 Å². The molecule has 0 saturated heterocycles. The summed E-state index contributed by atoms with van der Waals surface area (Å²) >= 11 is 0. The quantitative estimate of drug-likeness (QED) is 0.287. The number of nitrogens with one attached hydrogen (secondary N) is 1. The zero-order chi connectivity index (χ0) is 27.4. The lowest BCUT2D eigenvalue weighted by Crippen LogP contribution is -2.31. The number of rotatable bonds is 12. The van der Waals surface area contributed by atoms with Crippen molar-refractivity contribution in [1.29, 1.82) is 10.7 Å². The number of aryl methyl sites for hydroxylation is 1. The minimum Gasteiger partial charge on any atom is -0.493 e. The van der Waals surface area contributed by atoms with Gasteiger partial charge in [0.25, 0.3) is 0 Å². The number of unbranched alkanes of at least 4 members (excludes halogenated alkanes) is 1. The third-order valence-electron chi connectivity index (χ3n) is 7.07. The molecule has 1 fully saturated rings. The van der Waals surface area contributed by atoms with E-state index < -0.39 is 5.97 Å². The number of amidine groups is 1. The average Bonchev–Trinajstić information content (AvgIpc) is 3.67. The number of carbonyl (C=O) groups is 2. The molecule has 2 heterocycles. The van der Waals surface area contributed by atoms with Gasteiger partial charge >= 0.3 is 5.97 Å². The van der Waals surface area contributed by atoms with Gasteiger partial charge in [0.2, 0.25) is 0 Å². The van der Waals surface area contributed by atoms with Crippen LogP contribution in [0.15, 0.2) is 24.3 Å². The fourth-order valence-electron chi connectivity index (χ4n) is 4.78. The Labute approximate surface area is 224 Å². The van der Waals surface area contributed by atoms with Crippen molar-refractivity contribution in [3.63, 3.8) is 0 Å². The number of ether oxygens (including phenoxy) is 1. The number of nitrogens with zero attached hydrogens (tertiary/aromatic N) is 3. The lowest BCUT2D eigenvalue weighted by Gasteiger charge is -2.26. The molecule has 2 N–H and O–H groups in total. The first-order valence-corrected chi connectivity index (χ1v) is 13.3. The van der Waals surface area contributed by atoms with Gasteiger partial charge in [0.05, 0.1) is 19.2 Å². The molecular formula is C30H36N4O4. The van der Waals surface area contributed by atoms with Crippen LogP contribution in [0, 0.1) is 16.7 Å². The maximum atomic E-state index is 13.5. The molecule has 1 aliphatic carbocycles. The van der Waals surface area contributed by atoms with E-state index in [0.29, 0.717) is 55.3 Å². The van der Waals surface area contributed by atoms with Crippen LogP contribution in [-0.2, 0) is 23.2 Å². The van der Waals surface area contributed by atoms with Crippen molar-refractivity contribution in [2.24, 2.45) is 0 Å². The number of Topliss-reactive ketones (excluding diaryl/α,β-unsaturated/α-hetero) is 1. The molecule has 0 radical (unpaired) electrons. The Morgan fingerprint density at radius 1 is 1.24 bits per heavy atom. The van der Waals surface area contributed by atoms with Crippen LogP contribution >= 0.6 is 0 Å². The Kier molecular flexibility index (Phi) is 8.15. The van der Waals surface area contributed by atoms with Crippen LogP contribution in [0.25, 0.3) is 0 Å². The predicted octanol–water partition coefficient (Wildman–Crippen LogP) is 5.37. The fraction of sp³-hybridized carbons (Fsp3) is 0.500. The van der Waals surface area contributed by atoms with Crippen LogP contribution in [0.5, 0.6) is 5.75 Å². The van der Waals surface area contributed by atoms with Gasteiger partial charge in [-0.15, -0.1) is 0 Å². The normalized spacial score (nSPS) is 14.8. The molecule has 1 aliphatic heterocycles. The predicted molar refractivity (Wildman–Crippen MR) is 144 cm³/mol. The summed E-state index contributed by atoms with van der Waals surface area (Å²) in [6, 6.07) is 9.96. The van der Waals surface area contributed by atoms with Crippen molar-refractivity contribution < 1.29 is 19.4 Å². The number of fused-ring (bicyclic) bond motifs is 1. The zero-order valence-corrected chi connectivity index (χ0v) is 22.5. The minimum atomic E-state index is -0.828. The molecule has 2 aromatic rings. The fourth-order valence-corrected chi connectivity index (χ4v) is 4.78. The highest BCUT2D eigenvalue weighted by Gasteiger charge is 2.32. The number of carboxylic acids is 1. The van der Waals surface area contributed by atoms with Crippen LogP contribution in [0.1, 0.15) is 104 Å². The molecule has 1 aromatic carbocycles. The van der Waals surface area contributed by atoms with Crippen LogP contribution < -0.4 is 4.74 Å². The molecule has 1 aromatic heterocycles. The minimum absolute atomic E-state index is 0.0740. The highest BCUT2D eigenvalue weighted by Crippen LogP contribution is 2.40. The van der Waals surface area contributed by atoms with Crippen LogP contribution in [0.3, 0.4) is 0 Å². The second kappa shape index (κ2) is 11.3. The molecule has 0 unspecified atom stereocenters. The number of hydrogen-bond acceptors (Lipinski definition) is 6. The van der Waals surface area contributed by atoms with Crippen molar-refractivity contribution in [3.8, 4) is 11.8 Å². The molecule has 200 valence electrons. The Bertz CT molecular complexity index is 1280. The average molecular weight is 517 g/mol. The number of hydrogen-bond donors (Lipinski definition) is 2. The largest absolute Gasteiger partial charge is 0.493 e. The molecule has 0 spiro atoms. The summed E-state index contributed by atoms with van der Waals surface area (Å²) in [6.07, 6.45) is 4.24. The maximum Gasteiger partial charge on any atom is 0.303 e. The van der Waals surface area contributed by atoms with Crippen LogP contribution in [-0.4, -0.2) is 45.7 Å². The van der Waals surface area contributed by atoms with Crippen molar-refractivity contribution in [2.45, 2.75) is 83.6 Å². The smallest absolute Gasteiger partial charge is 0.303 e. The van der Waals surface area contributed by atoms with Gasteiger partial charge in [0, 0.05) is 47.7 Å². The Morgan fingerprint density at radius 2 is 2.00 bits per heavy atom. The molecule has 8 nitrogen and oxygen atoms in total. The molecule has 1 saturated carbocycles. The molecule has 2 aliphatic rings. The topological polar surface area (TPSA) is 127 Å². The molecule has 8 heteroatoms. The van der Waals surface area contributed by atoms with Crippen LogP contribution in [0.2, 0.25) is 0 Å². The third-order valence-corrected chi connectivity index (χ3v) is 7.07. The van der Waals surface area contributed by atoms with Gasteiger partial charge in [-0.05, 0) is 61.3 Å². The summed E-state index contributed by atoms with van der Waals surface area (Å²) in [6.45, 7) is 7.09. The van der Waals surface area contributed by atoms with E-state index in [2.05, 4.69) is 26.8 Å². The third kappa shape index (κ3) is 6.39. The van der Waals surface area contributed by atoms with Crippen molar-refractivity contribution in [2.75, 3.05) is 13.2 Å². The summed E-state index contributed by atoms with van der Waals surface area (Å²) in [7, 11) is 0. The van der Waals surface area contributed by atoms with E-state index in [0.717, 1.165) is 35.2 Å². The molecule has 4 rings (SSSR count). The van der Waals surface area contributed by atoms with Gasteiger partial charge < -0.3 is 14.7 Å². The lowest BCUT2D eigenvalue weighted by molar-refractivity contribution is -0.137. The monoisotopic (exact) mass is 516 g/mol. The Balaban J connectivity index is 1.55. The number of ketones is 1. The number of benzene rings is 1. The molecule has 38 heavy (non-hydrogen) atoms. The first kappa shape index (κ1) is 27.3. The second-order valence-electron chi connectivity index (χ2n) is 11.3. The van der Waals surface area contributed by atoms with Crippen molar-refractivity contribution in [3.05, 3.63) is 57.9 Å². The zero-order valence-electron chi connectivity index (χ0n) is 22.5. The lowest BCUT2D eigenvalue weighted by atomic mass is 9.83. The van der Waals surface area contributed by atoms with Gasteiger partial charge in [-0.1, -0.05) is 26.8 Å². The summed E-state index contributed by atoms with van der Waals surface area (Å²) in [5, 5.41) is 26.8. The highest BCUT2D eigenvalue weighted by atomic mass is 16.5. The van der Waals surface area contributed by atoms with E-state index in [-0.39, 0.29) is 36.4 Å². The summed E-state index contributed by atoms with van der Waals surface area (Å²) in [5.74, 6) is 0.549. The van der Waals surface area contributed by atoms with Crippen molar-refractivity contribution in [1.82, 2.24) is 9.88 Å².